The highest BCUT2D eigenvalue weighted by Crippen LogP contribution is 2.13. The number of benzene rings is 1. The Morgan fingerprint density at radius 2 is 1.82 bits per heavy atom. The van der Waals surface area contributed by atoms with Crippen molar-refractivity contribution in [2.24, 2.45) is 0 Å². The van der Waals surface area contributed by atoms with Crippen LogP contribution in [0, 0.1) is 0 Å². The molecule has 0 aliphatic heterocycles. The summed E-state index contributed by atoms with van der Waals surface area (Å²) in [6.45, 7) is 4.67. The predicted octanol–water partition coefficient (Wildman–Crippen LogP) is 1.94. The van der Waals surface area contributed by atoms with Crippen LogP contribution in [0.4, 0.5) is 0 Å². The molecule has 17 heavy (non-hydrogen) atoms. The summed E-state index contributed by atoms with van der Waals surface area (Å²) >= 11 is 0. The van der Waals surface area contributed by atoms with E-state index in [1.165, 1.54) is 17.4 Å². The maximum absolute atomic E-state index is 11.0. The molecule has 1 N–H and O–H groups in total. The SMILES string of the molecule is CCc1ccc(C(C)NCCS(C)(=O)=O)cc1. The van der Waals surface area contributed by atoms with Crippen molar-refractivity contribution in [3.8, 4) is 0 Å². The van der Waals surface area contributed by atoms with Crippen molar-refractivity contribution in [2.75, 3.05) is 18.6 Å². The second-order valence-corrected chi connectivity index (χ2v) is 6.66. The van der Waals surface area contributed by atoms with Gasteiger partial charge in [-0.2, -0.15) is 0 Å². The molecular formula is C13H21NO2S. The summed E-state index contributed by atoms with van der Waals surface area (Å²) in [5.74, 6) is 0.185. The van der Waals surface area contributed by atoms with Gasteiger partial charge < -0.3 is 5.32 Å². The third kappa shape index (κ3) is 5.33. The second-order valence-electron chi connectivity index (χ2n) is 4.40. The number of rotatable bonds is 6. The number of nitrogens with one attached hydrogen (secondary N) is 1. The van der Waals surface area contributed by atoms with Crippen LogP contribution in [0.25, 0.3) is 0 Å². The van der Waals surface area contributed by atoms with Gasteiger partial charge in [0.1, 0.15) is 9.84 Å². The van der Waals surface area contributed by atoms with Crippen molar-refractivity contribution in [2.45, 2.75) is 26.3 Å². The van der Waals surface area contributed by atoms with Gasteiger partial charge in [-0.25, -0.2) is 8.42 Å². The van der Waals surface area contributed by atoms with Gasteiger partial charge in [0.05, 0.1) is 5.75 Å². The Morgan fingerprint density at radius 3 is 2.29 bits per heavy atom. The van der Waals surface area contributed by atoms with Crippen molar-refractivity contribution in [1.29, 1.82) is 0 Å². The third-order valence-corrected chi connectivity index (χ3v) is 3.76. The van der Waals surface area contributed by atoms with Crippen LogP contribution < -0.4 is 5.32 Å². The molecule has 0 radical (unpaired) electrons. The summed E-state index contributed by atoms with van der Waals surface area (Å²) in [5, 5.41) is 3.21. The van der Waals surface area contributed by atoms with Crippen LogP contribution in [0.15, 0.2) is 24.3 Å². The lowest BCUT2D eigenvalue weighted by atomic mass is 10.1. The van der Waals surface area contributed by atoms with E-state index in [0.29, 0.717) is 6.54 Å². The van der Waals surface area contributed by atoms with Gasteiger partial charge >= 0.3 is 0 Å². The second kappa shape index (κ2) is 6.17. The molecule has 0 bridgehead atoms. The van der Waals surface area contributed by atoms with Crippen molar-refractivity contribution in [3.63, 3.8) is 0 Å². The van der Waals surface area contributed by atoms with Gasteiger partial charge in [-0.15, -0.1) is 0 Å². The van der Waals surface area contributed by atoms with Crippen LogP contribution >= 0.6 is 0 Å². The molecule has 0 aliphatic rings. The van der Waals surface area contributed by atoms with Gasteiger partial charge in [0.2, 0.25) is 0 Å². The molecule has 0 aromatic heterocycles. The molecule has 0 fully saturated rings. The number of aryl methyl sites for hydroxylation is 1. The average Bonchev–Trinajstić information content (AvgIpc) is 2.27. The Kier molecular flexibility index (Phi) is 5.15. The maximum Gasteiger partial charge on any atom is 0.148 e. The quantitative estimate of drug-likeness (QED) is 0.845. The fraction of sp³-hybridized carbons (Fsp3) is 0.538. The van der Waals surface area contributed by atoms with Crippen molar-refractivity contribution in [1.82, 2.24) is 5.32 Å². The summed E-state index contributed by atoms with van der Waals surface area (Å²) < 4.78 is 22.0. The smallest absolute Gasteiger partial charge is 0.148 e. The molecule has 0 heterocycles. The van der Waals surface area contributed by atoms with E-state index in [9.17, 15) is 8.42 Å². The fourth-order valence-electron chi connectivity index (χ4n) is 1.62. The highest BCUT2D eigenvalue weighted by Gasteiger charge is 2.06. The van der Waals surface area contributed by atoms with E-state index >= 15 is 0 Å². The van der Waals surface area contributed by atoms with E-state index in [-0.39, 0.29) is 11.8 Å². The largest absolute Gasteiger partial charge is 0.309 e. The van der Waals surface area contributed by atoms with Gasteiger partial charge in [0.15, 0.2) is 0 Å². The lowest BCUT2D eigenvalue weighted by Crippen LogP contribution is -2.25. The summed E-state index contributed by atoms with van der Waals surface area (Å²) in [4.78, 5) is 0. The minimum Gasteiger partial charge on any atom is -0.309 e. The highest BCUT2D eigenvalue weighted by atomic mass is 32.2. The van der Waals surface area contributed by atoms with Crippen molar-refractivity contribution in [3.05, 3.63) is 35.4 Å². The molecule has 1 atom stereocenters. The molecule has 0 aliphatic carbocycles. The molecule has 0 saturated heterocycles. The first kappa shape index (κ1) is 14.2. The average molecular weight is 255 g/mol. The lowest BCUT2D eigenvalue weighted by Gasteiger charge is -2.14. The van der Waals surface area contributed by atoms with Crippen LogP contribution in [-0.2, 0) is 16.3 Å². The first-order valence-electron chi connectivity index (χ1n) is 5.92. The first-order valence-corrected chi connectivity index (χ1v) is 7.98. The molecular weight excluding hydrogens is 234 g/mol. The van der Waals surface area contributed by atoms with Crippen molar-refractivity contribution < 1.29 is 8.42 Å². The Morgan fingerprint density at radius 1 is 1.24 bits per heavy atom. The van der Waals surface area contributed by atoms with Crippen LogP contribution in [-0.4, -0.2) is 27.0 Å². The standard InChI is InChI=1S/C13H21NO2S/c1-4-12-5-7-13(8-6-12)11(2)14-9-10-17(3,15)16/h5-8,11,14H,4,9-10H2,1-3H3. The molecule has 1 unspecified atom stereocenters. The van der Waals surface area contributed by atoms with Crippen LogP contribution in [0.3, 0.4) is 0 Å². The van der Waals surface area contributed by atoms with E-state index in [2.05, 4.69) is 36.5 Å². The topological polar surface area (TPSA) is 46.2 Å². The van der Waals surface area contributed by atoms with Gasteiger partial charge in [-0.1, -0.05) is 31.2 Å². The van der Waals surface area contributed by atoms with Gasteiger partial charge in [0.25, 0.3) is 0 Å². The Bertz CT molecular complexity index is 437. The molecule has 0 amide bonds. The lowest BCUT2D eigenvalue weighted by molar-refractivity contribution is 0.575. The number of sulfone groups is 1. The summed E-state index contributed by atoms with van der Waals surface area (Å²) in [6, 6.07) is 8.60. The molecule has 3 nitrogen and oxygen atoms in total. The van der Waals surface area contributed by atoms with Gasteiger partial charge in [-0.3, -0.25) is 0 Å². The molecule has 0 spiro atoms. The highest BCUT2D eigenvalue weighted by molar-refractivity contribution is 7.90. The normalized spacial score (nSPS) is 13.6. The van der Waals surface area contributed by atoms with E-state index in [4.69, 9.17) is 0 Å². The van der Waals surface area contributed by atoms with E-state index in [1.807, 2.05) is 6.92 Å². The Balaban J connectivity index is 2.49. The zero-order valence-electron chi connectivity index (χ0n) is 10.7. The minimum atomic E-state index is -2.88. The number of hydrogen-bond donors (Lipinski definition) is 1. The first-order chi connectivity index (χ1) is 7.92. The van der Waals surface area contributed by atoms with Crippen LogP contribution in [0.1, 0.15) is 31.0 Å². The zero-order chi connectivity index (χ0) is 12.9. The van der Waals surface area contributed by atoms with E-state index in [0.717, 1.165) is 6.42 Å². The van der Waals surface area contributed by atoms with Crippen LogP contribution in [0.5, 0.6) is 0 Å². The fourth-order valence-corrected chi connectivity index (χ4v) is 2.11. The monoisotopic (exact) mass is 255 g/mol. The maximum atomic E-state index is 11.0. The van der Waals surface area contributed by atoms with Gasteiger partial charge in [0, 0.05) is 18.8 Å². The summed E-state index contributed by atoms with van der Waals surface area (Å²) in [6.07, 6.45) is 2.30. The zero-order valence-corrected chi connectivity index (χ0v) is 11.5. The predicted molar refractivity (Wildman–Crippen MR) is 71.9 cm³/mol. The minimum absolute atomic E-state index is 0.183. The molecule has 1 aromatic rings. The molecule has 96 valence electrons. The van der Waals surface area contributed by atoms with E-state index < -0.39 is 9.84 Å². The van der Waals surface area contributed by atoms with Gasteiger partial charge in [-0.05, 0) is 24.5 Å². The van der Waals surface area contributed by atoms with Crippen LogP contribution in [0.2, 0.25) is 0 Å². The molecule has 1 rings (SSSR count). The Labute approximate surface area is 104 Å². The third-order valence-electron chi connectivity index (χ3n) is 2.81. The Hall–Kier alpha value is -0.870. The summed E-state index contributed by atoms with van der Waals surface area (Å²) in [5.41, 5.74) is 2.51. The van der Waals surface area contributed by atoms with E-state index in [1.54, 1.807) is 0 Å². The molecule has 1 aromatic carbocycles. The van der Waals surface area contributed by atoms with Crippen molar-refractivity contribution >= 4 is 9.84 Å². The summed E-state index contributed by atoms with van der Waals surface area (Å²) in [7, 11) is -2.88. The number of hydrogen-bond acceptors (Lipinski definition) is 3. The molecule has 0 saturated carbocycles. The molecule has 4 heteroatoms.